The Morgan fingerprint density at radius 2 is 1.77 bits per heavy atom. The monoisotopic (exact) mass is 382 g/mol. The van der Waals surface area contributed by atoms with Gasteiger partial charge in [-0.05, 0) is 48.5 Å². The molecule has 0 saturated carbocycles. The lowest BCUT2D eigenvalue weighted by atomic mass is 10.2. The Balaban J connectivity index is 1.81. The third-order valence-electron chi connectivity index (χ3n) is 3.52. The standard InChI is InChI=1S/C20H12Cl2N2O2/c21-14-5-7-15(8-6-14)24-20(25)13(12-23)11-16-9-10-19(26-16)17-3-1-2-4-18(17)22/h1-11H,(H,24,25)/b13-11+. The van der Waals surface area contributed by atoms with Crippen LogP contribution in [0.2, 0.25) is 10.0 Å². The highest BCUT2D eigenvalue weighted by Crippen LogP contribution is 2.29. The van der Waals surface area contributed by atoms with Gasteiger partial charge in [0.25, 0.3) is 5.91 Å². The molecule has 6 heteroatoms. The molecule has 4 nitrogen and oxygen atoms in total. The number of furan rings is 1. The second-order valence-corrected chi connectivity index (χ2v) is 6.16. The summed E-state index contributed by atoms with van der Waals surface area (Å²) in [7, 11) is 0. The van der Waals surface area contributed by atoms with Crippen molar-refractivity contribution in [2.45, 2.75) is 0 Å². The maximum absolute atomic E-state index is 12.3. The van der Waals surface area contributed by atoms with E-state index in [0.29, 0.717) is 27.3 Å². The number of nitrogens with one attached hydrogen (secondary N) is 1. The number of hydrogen-bond acceptors (Lipinski definition) is 3. The van der Waals surface area contributed by atoms with E-state index in [2.05, 4.69) is 5.32 Å². The molecular formula is C20H12Cl2N2O2. The largest absolute Gasteiger partial charge is 0.457 e. The van der Waals surface area contributed by atoms with Crippen molar-refractivity contribution in [3.05, 3.63) is 82.0 Å². The molecule has 2 aromatic carbocycles. The first-order valence-corrected chi connectivity index (χ1v) is 8.36. The summed E-state index contributed by atoms with van der Waals surface area (Å²) in [5, 5.41) is 13.0. The lowest BCUT2D eigenvalue weighted by Crippen LogP contribution is -2.13. The number of halogens is 2. The lowest BCUT2D eigenvalue weighted by molar-refractivity contribution is -0.112. The summed E-state index contributed by atoms with van der Waals surface area (Å²) in [6.07, 6.45) is 1.38. The average molecular weight is 383 g/mol. The number of nitriles is 1. The van der Waals surface area contributed by atoms with Gasteiger partial charge in [-0.25, -0.2) is 0 Å². The Kier molecular flexibility index (Phi) is 5.43. The maximum Gasteiger partial charge on any atom is 0.266 e. The van der Waals surface area contributed by atoms with Gasteiger partial charge in [0, 0.05) is 22.3 Å². The van der Waals surface area contributed by atoms with Crippen molar-refractivity contribution in [1.82, 2.24) is 0 Å². The van der Waals surface area contributed by atoms with Crippen LogP contribution < -0.4 is 5.32 Å². The molecule has 1 heterocycles. The van der Waals surface area contributed by atoms with Gasteiger partial charge in [0.15, 0.2) is 0 Å². The predicted molar refractivity (Wildman–Crippen MR) is 103 cm³/mol. The first-order chi connectivity index (χ1) is 12.6. The Labute approximate surface area is 160 Å². The normalized spacial score (nSPS) is 11.0. The SMILES string of the molecule is N#C/C(=C\c1ccc(-c2ccccc2Cl)o1)C(=O)Nc1ccc(Cl)cc1. The number of nitrogens with zero attached hydrogens (tertiary/aromatic N) is 1. The zero-order valence-electron chi connectivity index (χ0n) is 13.4. The molecule has 1 N–H and O–H groups in total. The minimum Gasteiger partial charge on any atom is -0.457 e. The number of hydrogen-bond donors (Lipinski definition) is 1. The van der Waals surface area contributed by atoms with Gasteiger partial charge in [0.2, 0.25) is 0 Å². The molecule has 0 radical (unpaired) electrons. The van der Waals surface area contributed by atoms with E-state index in [1.54, 1.807) is 42.5 Å². The van der Waals surface area contributed by atoms with Gasteiger partial charge in [-0.2, -0.15) is 5.26 Å². The van der Waals surface area contributed by atoms with Crippen LogP contribution in [0.3, 0.4) is 0 Å². The van der Waals surface area contributed by atoms with Crippen molar-refractivity contribution in [1.29, 1.82) is 5.26 Å². The second kappa shape index (κ2) is 7.92. The van der Waals surface area contributed by atoms with Crippen LogP contribution in [0.5, 0.6) is 0 Å². The van der Waals surface area contributed by atoms with Crippen molar-refractivity contribution in [3.8, 4) is 17.4 Å². The quantitative estimate of drug-likeness (QED) is 0.457. The van der Waals surface area contributed by atoms with E-state index >= 15 is 0 Å². The van der Waals surface area contributed by atoms with E-state index in [1.807, 2.05) is 24.3 Å². The number of anilines is 1. The van der Waals surface area contributed by atoms with E-state index in [1.165, 1.54) is 6.08 Å². The van der Waals surface area contributed by atoms with Crippen LogP contribution in [0.15, 0.2) is 70.7 Å². The van der Waals surface area contributed by atoms with Gasteiger partial charge < -0.3 is 9.73 Å². The smallest absolute Gasteiger partial charge is 0.266 e. The number of amides is 1. The average Bonchev–Trinajstić information content (AvgIpc) is 3.10. The predicted octanol–water partition coefficient (Wildman–Crippen LogP) is 5.80. The van der Waals surface area contributed by atoms with Gasteiger partial charge in [-0.3, -0.25) is 4.79 Å². The molecule has 0 bridgehead atoms. The summed E-state index contributed by atoms with van der Waals surface area (Å²) in [5.74, 6) is 0.394. The third kappa shape index (κ3) is 4.15. The highest BCUT2D eigenvalue weighted by molar-refractivity contribution is 6.33. The summed E-state index contributed by atoms with van der Waals surface area (Å²) in [6, 6.07) is 19.1. The van der Waals surface area contributed by atoms with Gasteiger partial charge in [-0.1, -0.05) is 35.3 Å². The molecule has 0 aliphatic heterocycles. The maximum atomic E-state index is 12.3. The molecule has 3 aromatic rings. The third-order valence-corrected chi connectivity index (χ3v) is 4.10. The minimum absolute atomic E-state index is 0.0833. The Morgan fingerprint density at radius 3 is 2.46 bits per heavy atom. The fraction of sp³-hybridized carbons (Fsp3) is 0. The molecule has 0 aliphatic carbocycles. The molecule has 0 atom stereocenters. The van der Waals surface area contributed by atoms with Gasteiger partial charge in [0.05, 0.1) is 5.02 Å². The van der Waals surface area contributed by atoms with Crippen LogP contribution in [-0.2, 0) is 4.79 Å². The topological polar surface area (TPSA) is 66.0 Å². The molecule has 0 spiro atoms. The van der Waals surface area contributed by atoms with E-state index in [9.17, 15) is 10.1 Å². The van der Waals surface area contributed by atoms with Crippen LogP contribution in [0, 0.1) is 11.3 Å². The van der Waals surface area contributed by atoms with Crippen molar-refractivity contribution < 1.29 is 9.21 Å². The zero-order chi connectivity index (χ0) is 18.5. The summed E-state index contributed by atoms with van der Waals surface area (Å²) < 4.78 is 5.69. The van der Waals surface area contributed by atoms with Crippen LogP contribution in [0.25, 0.3) is 17.4 Å². The van der Waals surface area contributed by atoms with E-state index in [4.69, 9.17) is 27.6 Å². The van der Waals surface area contributed by atoms with Crippen molar-refractivity contribution in [3.63, 3.8) is 0 Å². The molecule has 128 valence electrons. The minimum atomic E-state index is -0.537. The van der Waals surface area contributed by atoms with E-state index in [0.717, 1.165) is 5.56 Å². The Bertz CT molecular complexity index is 1010. The fourth-order valence-electron chi connectivity index (χ4n) is 2.26. The Hall–Kier alpha value is -3.00. The molecule has 3 rings (SSSR count). The molecule has 0 fully saturated rings. The lowest BCUT2D eigenvalue weighted by Gasteiger charge is -2.03. The molecule has 26 heavy (non-hydrogen) atoms. The van der Waals surface area contributed by atoms with Crippen molar-refractivity contribution >= 4 is 40.9 Å². The molecule has 1 aromatic heterocycles. The number of benzene rings is 2. The van der Waals surface area contributed by atoms with Gasteiger partial charge >= 0.3 is 0 Å². The van der Waals surface area contributed by atoms with E-state index in [-0.39, 0.29) is 5.57 Å². The van der Waals surface area contributed by atoms with Gasteiger partial charge in [-0.15, -0.1) is 0 Å². The molecule has 0 saturated heterocycles. The van der Waals surface area contributed by atoms with Crippen LogP contribution in [0.4, 0.5) is 5.69 Å². The van der Waals surface area contributed by atoms with Gasteiger partial charge in [0.1, 0.15) is 23.2 Å². The highest BCUT2D eigenvalue weighted by atomic mass is 35.5. The summed E-state index contributed by atoms with van der Waals surface area (Å²) >= 11 is 12.0. The van der Waals surface area contributed by atoms with Crippen LogP contribution in [-0.4, -0.2) is 5.91 Å². The first kappa shape index (κ1) is 17.8. The van der Waals surface area contributed by atoms with Crippen molar-refractivity contribution in [2.24, 2.45) is 0 Å². The van der Waals surface area contributed by atoms with E-state index < -0.39 is 5.91 Å². The summed E-state index contributed by atoms with van der Waals surface area (Å²) in [4.78, 5) is 12.3. The highest BCUT2D eigenvalue weighted by Gasteiger charge is 2.12. The number of carbonyl (C=O) groups is 1. The fourth-order valence-corrected chi connectivity index (χ4v) is 2.61. The summed E-state index contributed by atoms with van der Waals surface area (Å²) in [5.41, 5.74) is 1.19. The number of rotatable bonds is 4. The number of carbonyl (C=O) groups excluding carboxylic acids is 1. The molecule has 0 aliphatic rings. The van der Waals surface area contributed by atoms with Crippen molar-refractivity contribution in [2.75, 3.05) is 5.32 Å². The molecule has 1 amide bonds. The first-order valence-electron chi connectivity index (χ1n) is 7.60. The summed E-state index contributed by atoms with van der Waals surface area (Å²) in [6.45, 7) is 0. The molecular weight excluding hydrogens is 371 g/mol. The Morgan fingerprint density at radius 1 is 1.04 bits per heavy atom. The molecule has 0 unspecified atom stereocenters. The second-order valence-electron chi connectivity index (χ2n) is 5.31. The van der Waals surface area contributed by atoms with Crippen LogP contribution in [0.1, 0.15) is 5.76 Å². The van der Waals surface area contributed by atoms with Crippen LogP contribution >= 0.6 is 23.2 Å². The zero-order valence-corrected chi connectivity index (χ0v) is 14.9.